The number of benzene rings is 1. The van der Waals surface area contributed by atoms with Gasteiger partial charge in [-0.2, -0.15) is 0 Å². The Hall–Kier alpha value is -1.66. The average Bonchev–Trinajstić information content (AvgIpc) is 2.42. The third-order valence-corrected chi connectivity index (χ3v) is 3.53. The fourth-order valence-electron chi connectivity index (χ4n) is 1.90. The summed E-state index contributed by atoms with van der Waals surface area (Å²) >= 11 is 5.71. The number of carbonyl (C=O) groups is 1. The lowest BCUT2D eigenvalue weighted by atomic mass is 9.95. The van der Waals surface area contributed by atoms with Gasteiger partial charge in [0.2, 0.25) is 0 Å². The first-order valence-corrected chi connectivity index (χ1v) is 7.45. The number of nitrogens with zero attached hydrogens (tertiary/aromatic N) is 1. The molecule has 0 saturated heterocycles. The van der Waals surface area contributed by atoms with Crippen molar-refractivity contribution >= 4 is 23.2 Å². The zero-order valence-corrected chi connectivity index (χ0v) is 13.7. The summed E-state index contributed by atoms with van der Waals surface area (Å²) in [6.07, 6.45) is 1.36. The van der Waals surface area contributed by atoms with Crippen LogP contribution in [0.25, 0.3) is 0 Å². The number of rotatable bonds is 7. The van der Waals surface area contributed by atoms with Crippen molar-refractivity contribution in [2.24, 2.45) is 5.92 Å². The first kappa shape index (κ1) is 18.4. The summed E-state index contributed by atoms with van der Waals surface area (Å²) in [7, 11) is 0. The van der Waals surface area contributed by atoms with Gasteiger partial charge in [0.05, 0.1) is 10.5 Å². The Morgan fingerprint density at radius 1 is 1.50 bits per heavy atom. The molecule has 0 spiro atoms. The summed E-state index contributed by atoms with van der Waals surface area (Å²) in [5.74, 6) is -0.160. The first-order chi connectivity index (χ1) is 10.1. The molecule has 122 valence electrons. The molecule has 0 aromatic heterocycles. The van der Waals surface area contributed by atoms with Gasteiger partial charge in [0, 0.05) is 17.6 Å². The van der Waals surface area contributed by atoms with Crippen LogP contribution in [0.4, 0.5) is 5.69 Å². The molecule has 2 N–H and O–H groups in total. The molecule has 1 amide bonds. The van der Waals surface area contributed by atoms with Crippen molar-refractivity contribution in [3.8, 4) is 0 Å². The van der Waals surface area contributed by atoms with Crippen LogP contribution in [0.3, 0.4) is 0 Å². The highest BCUT2D eigenvalue weighted by atomic mass is 35.5. The molecule has 7 heteroatoms. The second-order valence-corrected chi connectivity index (χ2v) is 6.47. The SMILES string of the molecule is CC(C)CCC(C)(O)CNC(=O)c1ccc(Cl)cc1[N+](=O)[O-]. The lowest BCUT2D eigenvalue weighted by molar-refractivity contribution is -0.385. The van der Waals surface area contributed by atoms with Gasteiger partial charge in [0.25, 0.3) is 11.6 Å². The Labute approximate surface area is 134 Å². The molecule has 0 aliphatic rings. The highest BCUT2D eigenvalue weighted by molar-refractivity contribution is 6.31. The summed E-state index contributed by atoms with van der Waals surface area (Å²) in [5.41, 5.74) is -1.48. The number of hydrogen-bond donors (Lipinski definition) is 2. The molecule has 1 rings (SSSR count). The van der Waals surface area contributed by atoms with Crippen LogP contribution in [-0.4, -0.2) is 28.1 Å². The quantitative estimate of drug-likeness (QED) is 0.594. The number of aliphatic hydroxyl groups is 1. The fourth-order valence-corrected chi connectivity index (χ4v) is 2.07. The zero-order valence-electron chi connectivity index (χ0n) is 12.9. The van der Waals surface area contributed by atoms with Gasteiger partial charge in [0.15, 0.2) is 0 Å². The van der Waals surface area contributed by atoms with Crippen LogP contribution in [0, 0.1) is 16.0 Å². The molecule has 0 saturated carbocycles. The molecule has 1 aromatic carbocycles. The fraction of sp³-hybridized carbons (Fsp3) is 0.533. The first-order valence-electron chi connectivity index (χ1n) is 7.07. The van der Waals surface area contributed by atoms with E-state index in [1.54, 1.807) is 6.92 Å². The number of nitro groups is 1. The number of hydrogen-bond acceptors (Lipinski definition) is 4. The molecular formula is C15H21ClN2O4. The van der Waals surface area contributed by atoms with E-state index in [0.717, 1.165) is 12.5 Å². The van der Waals surface area contributed by atoms with Crippen LogP contribution >= 0.6 is 11.6 Å². The minimum absolute atomic E-state index is 0.0261. The second-order valence-electron chi connectivity index (χ2n) is 6.03. The lowest BCUT2D eigenvalue weighted by Gasteiger charge is -2.24. The molecule has 0 aliphatic heterocycles. The van der Waals surface area contributed by atoms with Gasteiger partial charge in [-0.15, -0.1) is 0 Å². The zero-order chi connectivity index (χ0) is 16.9. The molecule has 22 heavy (non-hydrogen) atoms. The van der Waals surface area contributed by atoms with Gasteiger partial charge in [-0.05, 0) is 37.8 Å². The molecule has 6 nitrogen and oxygen atoms in total. The standard InChI is InChI=1S/C15H21ClN2O4/c1-10(2)6-7-15(3,20)9-17-14(19)12-5-4-11(16)8-13(12)18(21)22/h4-5,8,10,20H,6-7,9H2,1-3H3,(H,17,19). The largest absolute Gasteiger partial charge is 0.388 e. The van der Waals surface area contributed by atoms with Gasteiger partial charge >= 0.3 is 0 Å². The molecule has 0 radical (unpaired) electrons. The van der Waals surface area contributed by atoms with Crippen molar-refractivity contribution < 1.29 is 14.8 Å². The number of carbonyl (C=O) groups excluding carboxylic acids is 1. The summed E-state index contributed by atoms with van der Waals surface area (Å²) in [5, 5.41) is 23.9. The van der Waals surface area contributed by atoms with Crippen LogP contribution in [0.2, 0.25) is 5.02 Å². The summed E-state index contributed by atoms with van der Waals surface area (Å²) in [6, 6.07) is 3.85. The maximum absolute atomic E-state index is 12.1. The van der Waals surface area contributed by atoms with Crippen LogP contribution in [0.5, 0.6) is 0 Å². The normalized spacial score (nSPS) is 13.7. The van der Waals surface area contributed by atoms with E-state index >= 15 is 0 Å². The highest BCUT2D eigenvalue weighted by Gasteiger charge is 2.25. The minimum atomic E-state index is -1.05. The Balaban J connectivity index is 2.76. The highest BCUT2D eigenvalue weighted by Crippen LogP contribution is 2.23. The van der Waals surface area contributed by atoms with E-state index in [4.69, 9.17) is 11.6 Å². The molecule has 1 unspecified atom stereocenters. The van der Waals surface area contributed by atoms with E-state index in [-0.39, 0.29) is 22.8 Å². The minimum Gasteiger partial charge on any atom is -0.388 e. The van der Waals surface area contributed by atoms with Crippen LogP contribution in [0.1, 0.15) is 44.0 Å². The van der Waals surface area contributed by atoms with Crippen molar-refractivity contribution in [2.45, 2.75) is 39.2 Å². The van der Waals surface area contributed by atoms with Crippen molar-refractivity contribution in [3.05, 3.63) is 38.9 Å². The van der Waals surface area contributed by atoms with Crippen molar-refractivity contribution in [3.63, 3.8) is 0 Å². The lowest BCUT2D eigenvalue weighted by Crippen LogP contribution is -2.41. The molecule has 0 heterocycles. The van der Waals surface area contributed by atoms with Crippen molar-refractivity contribution in [1.82, 2.24) is 5.32 Å². The van der Waals surface area contributed by atoms with E-state index in [1.165, 1.54) is 12.1 Å². The van der Waals surface area contributed by atoms with Gasteiger partial charge in [-0.3, -0.25) is 14.9 Å². The van der Waals surface area contributed by atoms with Gasteiger partial charge in [-0.25, -0.2) is 0 Å². The molecule has 1 atom stereocenters. The van der Waals surface area contributed by atoms with Crippen molar-refractivity contribution in [1.29, 1.82) is 0 Å². The van der Waals surface area contributed by atoms with E-state index in [0.29, 0.717) is 12.3 Å². The molecule has 0 aliphatic carbocycles. The number of nitrogens with one attached hydrogen (secondary N) is 1. The van der Waals surface area contributed by atoms with E-state index in [1.807, 2.05) is 13.8 Å². The molecular weight excluding hydrogens is 308 g/mol. The summed E-state index contributed by atoms with van der Waals surface area (Å²) in [6.45, 7) is 5.75. The van der Waals surface area contributed by atoms with E-state index < -0.39 is 16.4 Å². The monoisotopic (exact) mass is 328 g/mol. The predicted octanol–water partition coefficient (Wildman–Crippen LogP) is 3.17. The third kappa shape index (κ3) is 5.61. The van der Waals surface area contributed by atoms with Gasteiger partial charge in [0.1, 0.15) is 5.56 Å². The van der Waals surface area contributed by atoms with Crippen LogP contribution < -0.4 is 5.32 Å². The Morgan fingerprint density at radius 3 is 2.68 bits per heavy atom. The van der Waals surface area contributed by atoms with E-state index in [2.05, 4.69) is 5.32 Å². The molecule has 0 fully saturated rings. The van der Waals surface area contributed by atoms with Crippen LogP contribution in [-0.2, 0) is 0 Å². The van der Waals surface area contributed by atoms with Gasteiger partial charge < -0.3 is 10.4 Å². The summed E-state index contributed by atoms with van der Waals surface area (Å²) < 4.78 is 0. The third-order valence-electron chi connectivity index (χ3n) is 3.29. The Kier molecular flexibility index (Phi) is 6.32. The Morgan fingerprint density at radius 2 is 2.14 bits per heavy atom. The maximum atomic E-state index is 12.1. The van der Waals surface area contributed by atoms with Crippen LogP contribution in [0.15, 0.2) is 18.2 Å². The Bertz CT molecular complexity index is 558. The van der Waals surface area contributed by atoms with E-state index in [9.17, 15) is 20.0 Å². The maximum Gasteiger partial charge on any atom is 0.283 e. The number of nitro benzene ring substituents is 1. The topological polar surface area (TPSA) is 92.5 Å². The van der Waals surface area contributed by atoms with Crippen molar-refractivity contribution in [2.75, 3.05) is 6.54 Å². The number of amides is 1. The number of halogens is 1. The molecule has 1 aromatic rings. The summed E-state index contributed by atoms with van der Waals surface area (Å²) in [4.78, 5) is 22.4. The predicted molar refractivity (Wildman–Crippen MR) is 85.1 cm³/mol. The average molecular weight is 329 g/mol. The second kappa shape index (κ2) is 7.56. The molecule has 0 bridgehead atoms. The van der Waals surface area contributed by atoms with Gasteiger partial charge in [-0.1, -0.05) is 25.4 Å². The smallest absolute Gasteiger partial charge is 0.283 e.